The first-order valence-corrected chi connectivity index (χ1v) is 10.0. The highest BCUT2D eigenvalue weighted by Crippen LogP contribution is 2.23. The predicted molar refractivity (Wildman–Crippen MR) is 112 cm³/mol. The minimum absolute atomic E-state index is 0.120. The Balaban J connectivity index is 1.37. The molecule has 30 heavy (non-hydrogen) atoms. The minimum Gasteiger partial charge on any atom is -0.393 e. The molecular formula is C21H24N6O3. The number of benzene rings is 1. The van der Waals surface area contributed by atoms with Crippen LogP contribution < -0.4 is 16.3 Å². The van der Waals surface area contributed by atoms with Gasteiger partial charge in [-0.05, 0) is 49.2 Å². The summed E-state index contributed by atoms with van der Waals surface area (Å²) in [5, 5.41) is 20.1. The van der Waals surface area contributed by atoms with Gasteiger partial charge in [-0.2, -0.15) is 4.68 Å². The topological polar surface area (TPSA) is 125 Å². The van der Waals surface area contributed by atoms with Gasteiger partial charge in [0.1, 0.15) is 0 Å². The van der Waals surface area contributed by atoms with E-state index in [4.69, 9.17) is 0 Å². The number of amides is 1. The zero-order valence-corrected chi connectivity index (χ0v) is 16.4. The first-order valence-electron chi connectivity index (χ1n) is 10.0. The number of H-pyrrole nitrogens is 1. The van der Waals surface area contributed by atoms with Gasteiger partial charge in [-0.3, -0.25) is 9.78 Å². The van der Waals surface area contributed by atoms with Crippen molar-refractivity contribution in [3.63, 3.8) is 0 Å². The molecule has 0 radical (unpaired) electrons. The number of aromatic nitrogens is 4. The van der Waals surface area contributed by atoms with Gasteiger partial charge in [0.2, 0.25) is 5.95 Å². The Labute approximate surface area is 173 Å². The Kier molecular flexibility index (Phi) is 5.89. The van der Waals surface area contributed by atoms with Crippen LogP contribution in [-0.2, 0) is 0 Å². The number of hydrogen-bond donors (Lipinski definition) is 4. The first-order chi connectivity index (χ1) is 14.6. The Bertz CT molecular complexity index is 1040. The molecule has 1 aromatic carbocycles. The Morgan fingerprint density at radius 2 is 1.97 bits per heavy atom. The van der Waals surface area contributed by atoms with Crippen LogP contribution in [0.15, 0.2) is 53.5 Å². The number of aromatic amines is 1. The summed E-state index contributed by atoms with van der Waals surface area (Å²) in [5.74, 6) is 0.637. The number of anilines is 2. The molecule has 1 aliphatic rings. The fourth-order valence-electron chi connectivity index (χ4n) is 3.61. The number of aliphatic hydroxyl groups excluding tert-OH is 1. The van der Waals surface area contributed by atoms with Crippen LogP contribution >= 0.6 is 0 Å². The summed E-state index contributed by atoms with van der Waals surface area (Å²) in [5.41, 5.74) is 0.798. The lowest BCUT2D eigenvalue weighted by Crippen LogP contribution is -2.36. The number of hydrogen-bond acceptors (Lipinski definition) is 6. The summed E-state index contributed by atoms with van der Waals surface area (Å²) in [7, 11) is 0. The lowest BCUT2D eigenvalue weighted by atomic mass is 9.86. The molecule has 1 fully saturated rings. The molecule has 0 unspecified atom stereocenters. The van der Waals surface area contributed by atoms with Gasteiger partial charge in [-0.15, -0.1) is 5.10 Å². The van der Waals surface area contributed by atoms with Crippen LogP contribution in [0, 0.1) is 5.92 Å². The lowest BCUT2D eigenvalue weighted by molar-refractivity contribution is 0.0663. The second-order valence-electron chi connectivity index (χ2n) is 7.40. The van der Waals surface area contributed by atoms with E-state index in [1.54, 1.807) is 48.7 Å². The third kappa shape index (κ3) is 4.57. The number of pyridine rings is 1. The average Bonchev–Trinajstić information content (AvgIpc) is 3.14. The lowest BCUT2D eigenvalue weighted by Gasteiger charge is -2.27. The molecule has 1 aliphatic carbocycles. The average molecular weight is 408 g/mol. The van der Waals surface area contributed by atoms with Crippen molar-refractivity contribution in [1.82, 2.24) is 25.1 Å². The highest BCUT2D eigenvalue weighted by atomic mass is 16.3. The number of carbonyl (C=O) groups excluding carboxylic acids is 1. The van der Waals surface area contributed by atoms with Gasteiger partial charge in [0.05, 0.1) is 6.10 Å². The van der Waals surface area contributed by atoms with Crippen molar-refractivity contribution in [2.45, 2.75) is 31.8 Å². The summed E-state index contributed by atoms with van der Waals surface area (Å²) in [6, 6.07) is 12.1. The van der Waals surface area contributed by atoms with Crippen molar-refractivity contribution in [2.75, 3.05) is 11.9 Å². The van der Waals surface area contributed by atoms with Gasteiger partial charge in [0.25, 0.3) is 5.91 Å². The third-order valence-corrected chi connectivity index (χ3v) is 5.29. The van der Waals surface area contributed by atoms with Crippen molar-refractivity contribution >= 4 is 17.5 Å². The van der Waals surface area contributed by atoms with Gasteiger partial charge in [-0.25, -0.2) is 9.78 Å². The van der Waals surface area contributed by atoms with Crippen molar-refractivity contribution in [3.05, 3.63) is 64.7 Å². The Morgan fingerprint density at radius 1 is 1.17 bits per heavy atom. The Morgan fingerprint density at radius 3 is 2.70 bits per heavy atom. The zero-order chi connectivity index (χ0) is 20.9. The maximum Gasteiger partial charge on any atom is 0.350 e. The van der Waals surface area contributed by atoms with Gasteiger partial charge >= 0.3 is 5.69 Å². The summed E-state index contributed by atoms with van der Waals surface area (Å²) in [6.07, 6.45) is 5.13. The molecule has 1 amide bonds. The van der Waals surface area contributed by atoms with Gasteiger partial charge in [0, 0.05) is 29.9 Å². The molecule has 3 aromatic rings. The fraction of sp³-hybridized carbons (Fsp3) is 0.333. The minimum atomic E-state index is -0.405. The molecule has 1 saturated carbocycles. The van der Waals surface area contributed by atoms with E-state index in [0.29, 0.717) is 23.6 Å². The first kappa shape index (κ1) is 19.8. The third-order valence-electron chi connectivity index (χ3n) is 5.29. The number of aliphatic hydroxyl groups is 1. The highest BCUT2D eigenvalue weighted by Gasteiger charge is 2.23. The number of nitrogens with one attached hydrogen (secondary N) is 3. The van der Waals surface area contributed by atoms with E-state index in [9.17, 15) is 14.7 Å². The molecule has 9 nitrogen and oxygen atoms in total. The van der Waals surface area contributed by atoms with E-state index in [1.807, 2.05) is 0 Å². The van der Waals surface area contributed by atoms with Crippen LogP contribution in [0.2, 0.25) is 0 Å². The van der Waals surface area contributed by atoms with Crippen molar-refractivity contribution < 1.29 is 9.90 Å². The molecule has 0 saturated heterocycles. The molecule has 4 N–H and O–H groups in total. The predicted octanol–water partition coefficient (Wildman–Crippen LogP) is 1.98. The molecule has 0 bridgehead atoms. The van der Waals surface area contributed by atoms with Crippen LogP contribution in [-0.4, -0.2) is 43.4 Å². The van der Waals surface area contributed by atoms with Gasteiger partial charge in [0.15, 0.2) is 5.82 Å². The number of nitrogens with zero attached hydrogens (tertiary/aromatic N) is 3. The monoisotopic (exact) mass is 408 g/mol. The summed E-state index contributed by atoms with van der Waals surface area (Å²) < 4.78 is 1.17. The maximum atomic E-state index is 12.4. The number of carbonyl (C=O) groups is 1. The highest BCUT2D eigenvalue weighted by molar-refractivity contribution is 5.94. The summed E-state index contributed by atoms with van der Waals surface area (Å²) in [4.78, 5) is 31.2. The molecular weight excluding hydrogens is 384 g/mol. The molecule has 156 valence electrons. The molecule has 4 rings (SSSR count). The van der Waals surface area contributed by atoms with E-state index >= 15 is 0 Å². The van der Waals surface area contributed by atoms with E-state index in [-0.39, 0.29) is 23.9 Å². The van der Waals surface area contributed by atoms with Crippen LogP contribution in [0.1, 0.15) is 36.0 Å². The molecule has 0 spiro atoms. The van der Waals surface area contributed by atoms with Gasteiger partial charge < -0.3 is 15.7 Å². The van der Waals surface area contributed by atoms with Crippen LogP contribution in [0.4, 0.5) is 11.6 Å². The van der Waals surface area contributed by atoms with Crippen LogP contribution in [0.5, 0.6) is 0 Å². The van der Waals surface area contributed by atoms with Crippen molar-refractivity contribution in [1.29, 1.82) is 0 Å². The largest absolute Gasteiger partial charge is 0.393 e. The van der Waals surface area contributed by atoms with Crippen molar-refractivity contribution in [2.24, 2.45) is 5.92 Å². The number of rotatable bonds is 6. The van der Waals surface area contributed by atoms with E-state index in [0.717, 1.165) is 25.7 Å². The molecule has 9 heteroatoms. The summed E-state index contributed by atoms with van der Waals surface area (Å²) in [6.45, 7) is 0.478. The molecule has 0 aliphatic heterocycles. The van der Waals surface area contributed by atoms with Crippen molar-refractivity contribution in [3.8, 4) is 5.82 Å². The fourth-order valence-corrected chi connectivity index (χ4v) is 3.61. The molecule has 2 aromatic heterocycles. The van der Waals surface area contributed by atoms with Crippen LogP contribution in [0.25, 0.3) is 5.82 Å². The van der Waals surface area contributed by atoms with E-state index in [1.165, 1.54) is 4.68 Å². The SMILES string of the molecule is O=C(NC[C@@H]1CCCC[C@H]1O)c1ccc(Nc2nn(-c3ccccn3)c(=O)[nH]2)cc1. The molecule has 2 heterocycles. The zero-order valence-electron chi connectivity index (χ0n) is 16.4. The maximum absolute atomic E-state index is 12.4. The van der Waals surface area contributed by atoms with E-state index < -0.39 is 5.69 Å². The molecule has 2 atom stereocenters. The van der Waals surface area contributed by atoms with Gasteiger partial charge in [-0.1, -0.05) is 18.9 Å². The second kappa shape index (κ2) is 8.91. The second-order valence-corrected chi connectivity index (χ2v) is 7.40. The summed E-state index contributed by atoms with van der Waals surface area (Å²) >= 11 is 0. The quantitative estimate of drug-likeness (QED) is 0.494. The smallest absolute Gasteiger partial charge is 0.350 e. The van der Waals surface area contributed by atoms with Crippen LogP contribution in [0.3, 0.4) is 0 Å². The standard InChI is InChI=1S/C21H24N6O3/c28-17-6-2-1-5-15(17)13-23-19(29)14-8-10-16(11-9-14)24-20-25-21(30)27(26-20)18-7-3-4-12-22-18/h3-4,7-12,15,17,28H,1-2,5-6,13H2,(H,23,29)(H2,24,25,26,30)/t15-,17+/m0/s1. The Hall–Kier alpha value is -3.46. The normalized spacial score (nSPS) is 18.7. The van der Waals surface area contributed by atoms with E-state index in [2.05, 4.69) is 25.7 Å².